The van der Waals surface area contributed by atoms with Gasteiger partial charge >= 0.3 is 0 Å². The predicted molar refractivity (Wildman–Crippen MR) is 121 cm³/mol. The highest BCUT2D eigenvalue weighted by Gasteiger charge is 2.06. The summed E-state index contributed by atoms with van der Waals surface area (Å²) in [5, 5.41) is 12.2. The van der Waals surface area contributed by atoms with Crippen molar-refractivity contribution in [2.45, 2.75) is 13.3 Å². The normalized spacial score (nSPS) is 11.3. The number of aromatic nitrogens is 1. The maximum absolute atomic E-state index is 8.80. The topological polar surface area (TPSA) is 39.9 Å². The number of hydrogen-bond acceptors (Lipinski definition) is 4. The van der Waals surface area contributed by atoms with Crippen LogP contribution in [0.15, 0.2) is 60.7 Å². The van der Waals surface area contributed by atoms with Crippen LogP contribution >= 0.6 is 11.3 Å². The average Bonchev–Trinajstić information content (AvgIpc) is 3.17. The fourth-order valence-corrected chi connectivity index (χ4v) is 4.25. The molecule has 0 bridgehead atoms. The molecule has 0 saturated heterocycles. The largest absolute Gasteiger partial charge is 0.371 e. The van der Waals surface area contributed by atoms with Gasteiger partial charge in [0.1, 0.15) is 5.01 Å². The van der Waals surface area contributed by atoms with E-state index in [1.165, 1.54) is 15.5 Å². The smallest absolute Gasteiger partial charge is 0.117 e. The van der Waals surface area contributed by atoms with Gasteiger partial charge in [-0.05, 0) is 42.1 Å². The Morgan fingerprint density at radius 3 is 2.64 bits per heavy atom. The molecule has 0 N–H and O–H groups in total. The molecule has 28 heavy (non-hydrogen) atoms. The van der Waals surface area contributed by atoms with E-state index in [-0.39, 0.29) is 0 Å². The Kier molecular flexibility index (Phi) is 5.36. The lowest BCUT2D eigenvalue weighted by atomic mass is 10.1. The molecule has 138 valence electrons. The van der Waals surface area contributed by atoms with Crippen LogP contribution in [0.3, 0.4) is 0 Å². The van der Waals surface area contributed by atoms with Crippen LogP contribution in [-0.4, -0.2) is 18.1 Å². The van der Waals surface area contributed by atoms with Crippen LogP contribution in [0.5, 0.6) is 0 Å². The van der Waals surface area contributed by atoms with Crippen LogP contribution in [0.2, 0.25) is 0 Å². The molecule has 3 nitrogen and oxygen atoms in total. The molecule has 0 radical (unpaired) electrons. The van der Waals surface area contributed by atoms with Crippen molar-refractivity contribution in [2.75, 3.05) is 18.0 Å². The van der Waals surface area contributed by atoms with Gasteiger partial charge in [0.05, 0.1) is 22.7 Å². The maximum Gasteiger partial charge on any atom is 0.117 e. The highest BCUT2D eigenvalue weighted by molar-refractivity contribution is 7.19. The molecule has 0 aliphatic carbocycles. The molecule has 0 saturated carbocycles. The Balaban J connectivity index is 1.55. The van der Waals surface area contributed by atoms with E-state index in [0.29, 0.717) is 6.42 Å². The van der Waals surface area contributed by atoms with E-state index in [0.717, 1.165) is 34.9 Å². The van der Waals surface area contributed by atoms with Gasteiger partial charge in [0.2, 0.25) is 0 Å². The van der Waals surface area contributed by atoms with Gasteiger partial charge in [0.15, 0.2) is 0 Å². The summed E-state index contributed by atoms with van der Waals surface area (Å²) in [6.45, 7) is 3.78. The number of benzene rings is 3. The number of anilines is 1. The molecular formula is C24H21N3S. The molecule has 0 fully saturated rings. The van der Waals surface area contributed by atoms with Crippen molar-refractivity contribution in [1.29, 1.82) is 5.26 Å². The van der Waals surface area contributed by atoms with Crippen LogP contribution in [0, 0.1) is 11.3 Å². The van der Waals surface area contributed by atoms with Gasteiger partial charge in [0.25, 0.3) is 0 Å². The second kappa shape index (κ2) is 8.24. The lowest BCUT2D eigenvalue weighted by molar-refractivity contribution is 0.827. The van der Waals surface area contributed by atoms with E-state index in [1.807, 2.05) is 0 Å². The van der Waals surface area contributed by atoms with Crippen molar-refractivity contribution in [3.63, 3.8) is 0 Å². The van der Waals surface area contributed by atoms with Gasteiger partial charge in [-0.15, -0.1) is 11.3 Å². The quantitative estimate of drug-likeness (QED) is 0.389. The Hall–Kier alpha value is -3.16. The number of thiazole rings is 1. The molecule has 0 atom stereocenters. The Morgan fingerprint density at radius 2 is 1.86 bits per heavy atom. The van der Waals surface area contributed by atoms with Gasteiger partial charge in [-0.3, -0.25) is 0 Å². The van der Waals surface area contributed by atoms with Crippen LogP contribution < -0.4 is 4.90 Å². The molecule has 1 aromatic heterocycles. The molecule has 0 amide bonds. The summed E-state index contributed by atoms with van der Waals surface area (Å²) in [5.41, 5.74) is 3.37. The second-order valence-electron chi connectivity index (χ2n) is 6.60. The van der Waals surface area contributed by atoms with Crippen LogP contribution in [-0.2, 0) is 0 Å². The number of rotatable bonds is 6. The van der Waals surface area contributed by atoms with Crippen molar-refractivity contribution in [1.82, 2.24) is 4.98 Å². The van der Waals surface area contributed by atoms with E-state index in [4.69, 9.17) is 10.2 Å². The van der Waals surface area contributed by atoms with Crippen LogP contribution in [0.4, 0.5) is 5.69 Å². The third-order valence-corrected chi connectivity index (χ3v) is 5.84. The molecule has 3 aromatic carbocycles. The third-order valence-electron chi connectivity index (χ3n) is 4.85. The molecule has 4 aromatic rings. The lowest BCUT2D eigenvalue weighted by Crippen LogP contribution is -2.23. The molecule has 0 aliphatic rings. The first-order chi connectivity index (χ1) is 13.8. The monoisotopic (exact) mass is 383 g/mol. The van der Waals surface area contributed by atoms with Gasteiger partial charge in [0, 0.05) is 24.2 Å². The fraction of sp³-hybridized carbons (Fsp3) is 0.167. The first-order valence-corrected chi connectivity index (χ1v) is 10.3. The third kappa shape index (κ3) is 3.76. The van der Waals surface area contributed by atoms with Gasteiger partial charge in [-0.1, -0.05) is 48.5 Å². The zero-order valence-corrected chi connectivity index (χ0v) is 16.6. The van der Waals surface area contributed by atoms with Gasteiger partial charge in [-0.2, -0.15) is 5.26 Å². The minimum Gasteiger partial charge on any atom is -0.371 e. The Bertz CT molecular complexity index is 1170. The van der Waals surface area contributed by atoms with Gasteiger partial charge < -0.3 is 4.90 Å². The zero-order valence-electron chi connectivity index (χ0n) is 15.8. The Morgan fingerprint density at radius 1 is 1.04 bits per heavy atom. The van der Waals surface area contributed by atoms with Crippen molar-refractivity contribution in [3.8, 4) is 6.07 Å². The standard InChI is InChI=1S/C24H21N3S/c1-2-27(17-5-16-25)20-12-8-18(9-13-20)10-15-23-26-24-21-7-4-3-6-19(21)11-14-22(24)28-23/h3-4,6-15H,2,5,17H2,1H3. The van der Waals surface area contributed by atoms with Gasteiger partial charge in [-0.25, -0.2) is 4.98 Å². The average molecular weight is 384 g/mol. The summed E-state index contributed by atoms with van der Waals surface area (Å²) in [6.07, 6.45) is 4.73. The van der Waals surface area contributed by atoms with Crippen LogP contribution in [0.1, 0.15) is 23.9 Å². The Labute approximate surface area is 169 Å². The molecule has 0 aliphatic heterocycles. The predicted octanol–water partition coefficient (Wildman–Crippen LogP) is 6.36. The van der Waals surface area contributed by atoms with E-state index >= 15 is 0 Å². The number of nitriles is 1. The van der Waals surface area contributed by atoms with E-state index in [9.17, 15) is 0 Å². The molecule has 4 rings (SSSR count). The first-order valence-electron chi connectivity index (χ1n) is 9.47. The first kappa shape index (κ1) is 18.2. The molecule has 0 spiro atoms. The lowest BCUT2D eigenvalue weighted by Gasteiger charge is -2.21. The number of nitrogens with zero attached hydrogens (tertiary/aromatic N) is 3. The number of fused-ring (bicyclic) bond motifs is 3. The summed E-state index contributed by atoms with van der Waals surface area (Å²) >= 11 is 1.72. The number of hydrogen-bond donors (Lipinski definition) is 0. The van der Waals surface area contributed by atoms with E-state index in [1.54, 1.807) is 11.3 Å². The second-order valence-corrected chi connectivity index (χ2v) is 7.66. The molecular weight excluding hydrogens is 362 g/mol. The van der Waals surface area contributed by atoms with E-state index < -0.39 is 0 Å². The fourth-order valence-electron chi connectivity index (χ4n) is 3.37. The van der Waals surface area contributed by atoms with Crippen molar-refractivity contribution >= 4 is 50.2 Å². The SMILES string of the molecule is CCN(CCC#N)c1ccc(C=Cc2nc3c(ccc4ccccc43)s2)cc1. The van der Waals surface area contributed by atoms with Crippen molar-refractivity contribution in [3.05, 3.63) is 71.2 Å². The van der Waals surface area contributed by atoms with Crippen molar-refractivity contribution in [2.24, 2.45) is 0 Å². The highest BCUT2D eigenvalue weighted by atomic mass is 32.1. The molecule has 4 heteroatoms. The summed E-state index contributed by atoms with van der Waals surface area (Å²) in [6, 6.07) is 23.4. The summed E-state index contributed by atoms with van der Waals surface area (Å²) < 4.78 is 1.21. The molecule has 1 heterocycles. The minimum absolute atomic E-state index is 0.543. The summed E-state index contributed by atoms with van der Waals surface area (Å²) in [7, 11) is 0. The minimum atomic E-state index is 0.543. The zero-order chi connectivity index (χ0) is 19.3. The highest BCUT2D eigenvalue weighted by Crippen LogP contribution is 2.30. The van der Waals surface area contributed by atoms with E-state index in [2.05, 4.69) is 90.7 Å². The van der Waals surface area contributed by atoms with Crippen LogP contribution in [0.25, 0.3) is 33.1 Å². The summed E-state index contributed by atoms with van der Waals surface area (Å²) in [5.74, 6) is 0. The maximum atomic E-state index is 8.80. The van der Waals surface area contributed by atoms with Crippen molar-refractivity contribution < 1.29 is 0 Å². The summed E-state index contributed by atoms with van der Waals surface area (Å²) in [4.78, 5) is 7.06. The molecule has 0 unspecified atom stereocenters.